The first-order valence-electron chi connectivity index (χ1n) is 4.96. The van der Waals surface area contributed by atoms with Crippen molar-refractivity contribution in [2.24, 2.45) is 0 Å². The summed E-state index contributed by atoms with van der Waals surface area (Å²) in [4.78, 5) is 2.30. The lowest BCUT2D eigenvalue weighted by molar-refractivity contribution is 0.377. The quantitative estimate of drug-likeness (QED) is 0.710. The van der Waals surface area contributed by atoms with Gasteiger partial charge in [0.1, 0.15) is 0 Å². The summed E-state index contributed by atoms with van der Waals surface area (Å²) in [5.41, 5.74) is 0.119. The Morgan fingerprint density at radius 2 is 2.36 bits per heavy atom. The first kappa shape index (κ1) is 9.40. The number of aromatic nitrogens is 2. The molecular weight excluding hydrogens is 176 g/mol. The first-order valence-corrected chi connectivity index (χ1v) is 4.96. The van der Waals surface area contributed by atoms with Crippen molar-refractivity contribution in [2.75, 3.05) is 24.5 Å². The number of hydrogen-bond donors (Lipinski definition) is 1. The Hall–Kier alpha value is -1.16. The topological polar surface area (TPSA) is 41.0 Å². The number of nitrogens with zero attached hydrogens (tertiary/aromatic N) is 3. The first-order chi connectivity index (χ1) is 6.70. The fraction of sp³-hybridized carbons (Fsp3) is 0.600. The predicted octanol–water partition coefficient (Wildman–Crippen LogP) is 0.665. The van der Waals surface area contributed by atoms with E-state index in [1.165, 1.54) is 0 Å². The van der Waals surface area contributed by atoms with Crippen LogP contribution in [0, 0.1) is 0 Å². The number of nitrogens with one attached hydrogen (secondary N) is 1. The summed E-state index contributed by atoms with van der Waals surface area (Å²) >= 11 is 0. The van der Waals surface area contributed by atoms with Gasteiger partial charge in [-0.15, -0.1) is 5.10 Å². The smallest absolute Gasteiger partial charge is 0.151 e. The molecule has 2 rings (SSSR count). The molecule has 0 spiro atoms. The van der Waals surface area contributed by atoms with Crippen LogP contribution in [0.5, 0.6) is 0 Å². The van der Waals surface area contributed by atoms with E-state index in [1.54, 1.807) is 6.20 Å². The molecule has 0 saturated carbocycles. The molecule has 76 valence electrons. The summed E-state index contributed by atoms with van der Waals surface area (Å²) in [6, 6.07) is 3.94. The van der Waals surface area contributed by atoms with Crippen molar-refractivity contribution in [3.8, 4) is 0 Å². The summed E-state index contributed by atoms with van der Waals surface area (Å²) in [6.07, 6.45) is 1.71. The van der Waals surface area contributed by atoms with Crippen molar-refractivity contribution in [1.29, 1.82) is 0 Å². The molecule has 4 nitrogen and oxygen atoms in total. The molecule has 1 fully saturated rings. The van der Waals surface area contributed by atoms with E-state index >= 15 is 0 Å². The molecule has 0 radical (unpaired) electrons. The molecule has 4 heteroatoms. The standard InChI is InChI=1S/C10H16N4/c1-10(2)8-11-6-7-14(10)9-4-3-5-12-13-9/h3-5,11H,6-8H2,1-2H3. The Balaban J connectivity index is 2.24. The van der Waals surface area contributed by atoms with Gasteiger partial charge in [-0.2, -0.15) is 5.10 Å². The molecule has 1 aliphatic rings. The molecule has 1 saturated heterocycles. The van der Waals surface area contributed by atoms with Crippen LogP contribution in [0.4, 0.5) is 5.82 Å². The van der Waals surface area contributed by atoms with Gasteiger partial charge in [-0.3, -0.25) is 0 Å². The highest BCUT2D eigenvalue weighted by Crippen LogP contribution is 2.22. The molecule has 1 aromatic rings. The van der Waals surface area contributed by atoms with E-state index in [4.69, 9.17) is 0 Å². The largest absolute Gasteiger partial charge is 0.347 e. The fourth-order valence-electron chi connectivity index (χ4n) is 1.85. The van der Waals surface area contributed by atoms with Gasteiger partial charge in [-0.1, -0.05) is 0 Å². The van der Waals surface area contributed by atoms with Crippen LogP contribution in [-0.4, -0.2) is 35.4 Å². The van der Waals surface area contributed by atoms with Gasteiger partial charge in [0.05, 0.1) is 0 Å². The molecule has 14 heavy (non-hydrogen) atoms. The van der Waals surface area contributed by atoms with Gasteiger partial charge in [-0.25, -0.2) is 0 Å². The molecule has 0 aromatic carbocycles. The maximum absolute atomic E-state index is 4.15. The Kier molecular flexibility index (Phi) is 2.37. The van der Waals surface area contributed by atoms with Crippen molar-refractivity contribution >= 4 is 5.82 Å². The SMILES string of the molecule is CC1(C)CNCCN1c1cccnn1. The van der Waals surface area contributed by atoms with Gasteiger partial charge in [0.15, 0.2) is 5.82 Å². The van der Waals surface area contributed by atoms with Crippen molar-refractivity contribution in [3.05, 3.63) is 18.3 Å². The Morgan fingerprint density at radius 1 is 1.50 bits per heavy atom. The summed E-state index contributed by atoms with van der Waals surface area (Å²) in [6.45, 7) is 7.43. The fourth-order valence-corrected chi connectivity index (χ4v) is 1.85. The van der Waals surface area contributed by atoms with Crippen LogP contribution in [0.2, 0.25) is 0 Å². The predicted molar refractivity (Wildman–Crippen MR) is 56.3 cm³/mol. The highest BCUT2D eigenvalue weighted by Gasteiger charge is 2.30. The van der Waals surface area contributed by atoms with E-state index in [1.807, 2.05) is 12.1 Å². The van der Waals surface area contributed by atoms with E-state index in [0.717, 1.165) is 25.5 Å². The minimum Gasteiger partial charge on any atom is -0.347 e. The second-order valence-corrected chi connectivity index (χ2v) is 4.22. The van der Waals surface area contributed by atoms with Crippen LogP contribution in [0.15, 0.2) is 18.3 Å². The van der Waals surface area contributed by atoms with Crippen molar-refractivity contribution in [3.63, 3.8) is 0 Å². The van der Waals surface area contributed by atoms with E-state index in [-0.39, 0.29) is 5.54 Å². The lowest BCUT2D eigenvalue weighted by Gasteiger charge is -2.43. The van der Waals surface area contributed by atoms with E-state index in [2.05, 4.69) is 34.3 Å². The van der Waals surface area contributed by atoms with Gasteiger partial charge < -0.3 is 10.2 Å². The van der Waals surface area contributed by atoms with Crippen LogP contribution >= 0.6 is 0 Å². The number of anilines is 1. The van der Waals surface area contributed by atoms with Crippen LogP contribution < -0.4 is 10.2 Å². The third-order valence-corrected chi connectivity index (χ3v) is 2.64. The van der Waals surface area contributed by atoms with Crippen LogP contribution in [-0.2, 0) is 0 Å². The molecule has 0 aliphatic carbocycles. The normalized spacial score (nSPS) is 20.9. The molecule has 0 amide bonds. The molecule has 2 heterocycles. The van der Waals surface area contributed by atoms with Crippen LogP contribution in [0.1, 0.15) is 13.8 Å². The maximum Gasteiger partial charge on any atom is 0.151 e. The molecule has 1 aliphatic heterocycles. The van der Waals surface area contributed by atoms with Gasteiger partial charge >= 0.3 is 0 Å². The van der Waals surface area contributed by atoms with E-state index in [9.17, 15) is 0 Å². The van der Waals surface area contributed by atoms with E-state index < -0.39 is 0 Å². The zero-order chi connectivity index (χ0) is 10.0. The lowest BCUT2D eigenvalue weighted by atomic mass is 10.0. The van der Waals surface area contributed by atoms with E-state index in [0.29, 0.717) is 0 Å². The van der Waals surface area contributed by atoms with Crippen molar-refractivity contribution in [1.82, 2.24) is 15.5 Å². The maximum atomic E-state index is 4.15. The molecule has 1 aromatic heterocycles. The van der Waals surface area contributed by atoms with Gasteiger partial charge in [0.25, 0.3) is 0 Å². The molecule has 0 unspecified atom stereocenters. The third-order valence-electron chi connectivity index (χ3n) is 2.64. The van der Waals surface area contributed by atoms with Crippen LogP contribution in [0.25, 0.3) is 0 Å². The summed E-state index contributed by atoms with van der Waals surface area (Å²) in [7, 11) is 0. The Labute approximate surface area is 84.3 Å². The van der Waals surface area contributed by atoms with Gasteiger partial charge in [-0.05, 0) is 26.0 Å². The summed E-state index contributed by atoms with van der Waals surface area (Å²) in [5, 5.41) is 11.4. The van der Waals surface area contributed by atoms with Crippen LogP contribution in [0.3, 0.4) is 0 Å². The minimum absolute atomic E-state index is 0.119. The number of piperazine rings is 1. The molecule has 0 bridgehead atoms. The van der Waals surface area contributed by atoms with Crippen molar-refractivity contribution < 1.29 is 0 Å². The molecule has 1 N–H and O–H groups in total. The van der Waals surface area contributed by atoms with Crippen molar-refractivity contribution in [2.45, 2.75) is 19.4 Å². The zero-order valence-electron chi connectivity index (χ0n) is 8.70. The highest BCUT2D eigenvalue weighted by molar-refractivity contribution is 5.41. The summed E-state index contributed by atoms with van der Waals surface area (Å²) in [5.74, 6) is 0.971. The Morgan fingerprint density at radius 3 is 3.00 bits per heavy atom. The van der Waals surface area contributed by atoms with Gasteiger partial charge in [0.2, 0.25) is 0 Å². The molecular formula is C10H16N4. The Bertz CT molecular complexity index is 296. The highest BCUT2D eigenvalue weighted by atomic mass is 15.3. The average molecular weight is 192 g/mol. The number of hydrogen-bond acceptors (Lipinski definition) is 4. The summed E-state index contributed by atoms with van der Waals surface area (Å²) < 4.78 is 0. The average Bonchev–Trinajstić information content (AvgIpc) is 2.18. The lowest BCUT2D eigenvalue weighted by Crippen LogP contribution is -2.58. The second-order valence-electron chi connectivity index (χ2n) is 4.22. The minimum atomic E-state index is 0.119. The third kappa shape index (κ3) is 1.70. The zero-order valence-corrected chi connectivity index (χ0v) is 8.70. The monoisotopic (exact) mass is 192 g/mol. The molecule has 0 atom stereocenters. The second kappa shape index (κ2) is 3.53. The van der Waals surface area contributed by atoms with Gasteiger partial charge in [0, 0.05) is 31.4 Å². The number of rotatable bonds is 1.